The molecule has 3 saturated carbocycles. The number of rotatable bonds is 9. The number of carbonyl (C=O) groups is 3. The van der Waals surface area contributed by atoms with E-state index in [1.54, 1.807) is 6.92 Å². The molecule has 0 saturated heterocycles. The molecule has 7 nitrogen and oxygen atoms in total. The topological polar surface area (TPSA) is 119 Å². The predicted molar refractivity (Wildman–Crippen MR) is 136 cm³/mol. The van der Waals surface area contributed by atoms with E-state index in [0.29, 0.717) is 25.9 Å². The first kappa shape index (κ1) is 28.5. The first-order chi connectivity index (χ1) is 16.4. The van der Waals surface area contributed by atoms with E-state index in [4.69, 9.17) is 33.7 Å². The van der Waals surface area contributed by atoms with Crippen LogP contribution in [0.3, 0.4) is 0 Å². The van der Waals surface area contributed by atoms with E-state index in [2.05, 4.69) is 5.32 Å². The number of hydrogen-bond acceptors (Lipinski definition) is 4. The van der Waals surface area contributed by atoms with Crippen LogP contribution in [0.25, 0.3) is 0 Å². The van der Waals surface area contributed by atoms with Crippen molar-refractivity contribution in [3.63, 3.8) is 0 Å². The average Bonchev–Trinajstić information content (AvgIpc) is 3.03. The summed E-state index contributed by atoms with van der Waals surface area (Å²) >= 11 is 12.9. The van der Waals surface area contributed by atoms with Gasteiger partial charge in [0.15, 0.2) is 0 Å². The molecule has 3 fully saturated rings. The lowest BCUT2D eigenvalue weighted by molar-refractivity contribution is -0.155. The van der Waals surface area contributed by atoms with Crippen LogP contribution in [0.1, 0.15) is 85.0 Å². The molecule has 0 aromatic carbocycles. The van der Waals surface area contributed by atoms with Gasteiger partial charge >= 0.3 is 5.97 Å². The van der Waals surface area contributed by atoms with Crippen LogP contribution < -0.4 is 11.1 Å². The molecular formula is C26H42Cl2N2O5. The smallest absolute Gasteiger partial charge is 0.309 e. The number of hydrogen-bond donors (Lipinski definition) is 3. The van der Waals surface area contributed by atoms with Crippen molar-refractivity contribution in [1.29, 1.82) is 0 Å². The highest BCUT2D eigenvalue weighted by molar-refractivity contribution is 6.24. The molecule has 200 valence electrons. The summed E-state index contributed by atoms with van der Waals surface area (Å²) in [5.41, 5.74) is 3.94. The predicted octanol–water partition coefficient (Wildman–Crippen LogP) is 4.46. The Morgan fingerprint density at radius 3 is 2.14 bits per heavy atom. The Labute approximate surface area is 219 Å². The van der Waals surface area contributed by atoms with Gasteiger partial charge < -0.3 is 20.9 Å². The number of nitrogens with one attached hydrogen (secondary N) is 1. The largest absolute Gasteiger partial charge is 0.481 e. The highest BCUT2D eigenvalue weighted by Gasteiger charge is 2.58. The number of aliphatic carboxylic acids is 1. The Hall–Kier alpha value is -1.05. The number of amides is 2. The summed E-state index contributed by atoms with van der Waals surface area (Å²) in [6.45, 7) is 5.93. The van der Waals surface area contributed by atoms with Crippen LogP contribution in [-0.2, 0) is 19.1 Å². The quantitative estimate of drug-likeness (QED) is 0.378. The summed E-state index contributed by atoms with van der Waals surface area (Å²) in [7, 11) is 0. The van der Waals surface area contributed by atoms with Crippen molar-refractivity contribution in [2.24, 2.45) is 34.3 Å². The second kappa shape index (κ2) is 11.6. The van der Waals surface area contributed by atoms with Crippen molar-refractivity contribution in [3.8, 4) is 0 Å². The summed E-state index contributed by atoms with van der Waals surface area (Å²) in [6.07, 6.45) is 8.18. The Morgan fingerprint density at radius 2 is 1.63 bits per heavy atom. The molecule has 4 N–H and O–H groups in total. The molecule has 0 bridgehead atoms. The molecule has 3 aliphatic carbocycles. The molecule has 0 aromatic rings. The number of carboxylic acids is 1. The molecule has 35 heavy (non-hydrogen) atoms. The second-order valence-corrected chi connectivity index (χ2v) is 12.9. The fourth-order valence-electron chi connectivity index (χ4n) is 6.35. The highest BCUT2D eigenvalue weighted by atomic mass is 35.5. The van der Waals surface area contributed by atoms with Gasteiger partial charge in [0.2, 0.25) is 11.8 Å². The van der Waals surface area contributed by atoms with Crippen molar-refractivity contribution in [2.75, 3.05) is 6.61 Å². The third-order valence-corrected chi connectivity index (χ3v) is 10.5. The molecule has 5 atom stereocenters. The van der Waals surface area contributed by atoms with Gasteiger partial charge in [-0.25, -0.2) is 0 Å². The van der Waals surface area contributed by atoms with Gasteiger partial charge in [0.05, 0.1) is 18.1 Å². The number of primary amides is 1. The van der Waals surface area contributed by atoms with Gasteiger partial charge in [-0.15, -0.1) is 23.2 Å². The van der Waals surface area contributed by atoms with E-state index >= 15 is 0 Å². The minimum absolute atomic E-state index is 0.0701. The SMILES string of the molecule is CC1(C)[C@@H](C(=O)N[C@@H](CC2CCC(OCC3C(Cl)CCCC3Cl)CC2)C(N)=O)CC[C@@]1(C)C(=O)O. The third kappa shape index (κ3) is 6.27. The molecule has 2 unspecified atom stereocenters. The number of carbonyl (C=O) groups excluding carboxylic acids is 2. The fourth-order valence-corrected chi connectivity index (χ4v) is 7.23. The molecule has 0 aromatic heterocycles. The van der Waals surface area contributed by atoms with Gasteiger partial charge in [-0.05, 0) is 76.0 Å². The van der Waals surface area contributed by atoms with Gasteiger partial charge in [-0.2, -0.15) is 0 Å². The van der Waals surface area contributed by atoms with E-state index in [1.807, 2.05) is 13.8 Å². The minimum Gasteiger partial charge on any atom is -0.481 e. The van der Waals surface area contributed by atoms with E-state index in [1.165, 1.54) is 0 Å². The zero-order valence-corrected chi connectivity index (χ0v) is 22.7. The van der Waals surface area contributed by atoms with Gasteiger partial charge in [0.25, 0.3) is 0 Å². The van der Waals surface area contributed by atoms with E-state index in [0.717, 1.165) is 44.9 Å². The molecule has 3 aliphatic rings. The zero-order valence-electron chi connectivity index (χ0n) is 21.2. The molecular weight excluding hydrogens is 491 g/mol. The molecule has 0 aliphatic heterocycles. The van der Waals surface area contributed by atoms with E-state index in [-0.39, 0.29) is 34.6 Å². The van der Waals surface area contributed by atoms with Gasteiger partial charge in [0, 0.05) is 22.6 Å². The number of carboxylic acid groups (broad SMARTS) is 1. The summed E-state index contributed by atoms with van der Waals surface area (Å²) in [5.74, 6) is -1.75. The van der Waals surface area contributed by atoms with Crippen LogP contribution in [0.5, 0.6) is 0 Å². The van der Waals surface area contributed by atoms with Crippen molar-refractivity contribution < 1.29 is 24.2 Å². The Morgan fingerprint density at radius 1 is 1.03 bits per heavy atom. The summed E-state index contributed by atoms with van der Waals surface area (Å²) in [5, 5.41) is 12.7. The lowest BCUT2D eigenvalue weighted by Crippen LogP contribution is -2.51. The van der Waals surface area contributed by atoms with Crippen LogP contribution in [-0.4, -0.2) is 52.4 Å². The highest BCUT2D eigenvalue weighted by Crippen LogP contribution is 2.56. The number of nitrogens with two attached hydrogens (primary N) is 1. The molecule has 0 radical (unpaired) electrons. The second-order valence-electron chi connectivity index (χ2n) is 11.8. The minimum atomic E-state index is -0.986. The summed E-state index contributed by atoms with van der Waals surface area (Å²) < 4.78 is 6.18. The Balaban J connectivity index is 1.49. The van der Waals surface area contributed by atoms with Crippen LogP contribution >= 0.6 is 23.2 Å². The first-order valence-corrected chi connectivity index (χ1v) is 14.0. The van der Waals surface area contributed by atoms with Crippen LogP contribution in [0.4, 0.5) is 0 Å². The van der Waals surface area contributed by atoms with Crippen molar-refractivity contribution >= 4 is 41.0 Å². The molecule has 3 rings (SSSR count). The maximum absolute atomic E-state index is 13.1. The normalized spacial score (nSPS) is 38.0. The molecule has 0 spiro atoms. The maximum Gasteiger partial charge on any atom is 0.309 e. The Bertz CT molecular complexity index is 776. The Kier molecular flexibility index (Phi) is 9.42. The first-order valence-electron chi connectivity index (χ1n) is 13.1. The number of halogens is 2. The monoisotopic (exact) mass is 532 g/mol. The van der Waals surface area contributed by atoms with Crippen molar-refractivity contribution in [1.82, 2.24) is 5.32 Å². The zero-order chi connectivity index (χ0) is 26.0. The standard InChI is InChI=1S/C26H42Cl2N2O5/c1-25(2)18(11-12-26(25,3)24(33)34)23(32)30-21(22(29)31)13-15-7-9-16(10-8-15)35-14-17-19(27)5-4-6-20(17)28/h15-21H,4-14H2,1-3H3,(H2,29,31)(H,30,32)(H,33,34)/t15?,16?,17?,18-,19?,20?,21+,26+/m1/s1. The van der Waals surface area contributed by atoms with Gasteiger partial charge in [-0.1, -0.05) is 20.3 Å². The van der Waals surface area contributed by atoms with Gasteiger partial charge in [0.1, 0.15) is 6.04 Å². The van der Waals surface area contributed by atoms with Crippen LogP contribution in [0, 0.1) is 28.6 Å². The molecule has 2 amide bonds. The summed E-state index contributed by atoms with van der Waals surface area (Å²) in [6, 6.07) is -0.756. The van der Waals surface area contributed by atoms with Crippen LogP contribution in [0.2, 0.25) is 0 Å². The van der Waals surface area contributed by atoms with E-state index < -0.39 is 34.7 Å². The average molecular weight is 534 g/mol. The number of alkyl halides is 2. The van der Waals surface area contributed by atoms with Gasteiger partial charge in [-0.3, -0.25) is 14.4 Å². The molecule has 0 heterocycles. The lowest BCUT2D eigenvalue weighted by atomic mass is 9.65. The van der Waals surface area contributed by atoms with E-state index in [9.17, 15) is 19.5 Å². The number of ether oxygens (including phenoxy) is 1. The molecule has 9 heteroatoms. The third-order valence-electron chi connectivity index (χ3n) is 9.45. The van der Waals surface area contributed by atoms with Crippen molar-refractivity contribution in [2.45, 2.75) is 108 Å². The lowest BCUT2D eigenvalue weighted by Gasteiger charge is -2.38. The fraction of sp³-hybridized carbons (Fsp3) is 0.885. The maximum atomic E-state index is 13.1. The van der Waals surface area contributed by atoms with Crippen molar-refractivity contribution in [3.05, 3.63) is 0 Å². The summed E-state index contributed by atoms with van der Waals surface area (Å²) in [4.78, 5) is 37.2. The van der Waals surface area contributed by atoms with Crippen LogP contribution in [0.15, 0.2) is 0 Å².